The summed E-state index contributed by atoms with van der Waals surface area (Å²) in [6.07, 6.45) is 0.396. The van der Waals surface area contributed by atoms with Crippen LogP contribution < -0.4 is 10.5 Å². The first-order valence-corrected chi connectivity index (χ1v) is 6.80. The van der Waals surface area contributed by atoms with Crippen LogP contribution in [0.4, 0.5) is 4.39 Å². The number of halogens is 3. The van der Waals surface area contributed by atoms with E-state index in [0.29, 0.717) is 27.8 Å². The van der Waals surface area contributed by atoms with Gasteiger partial charge in [0.2, 0.25) is 0 Å². The largest absolute Gasteiger partial charge is 0.496 e. The Morgan fingerprint density at radius 1 is 1.25 bits per heavy atom. The minimum absolute atomic E-state index is 0.348. The van der Waals surface area contributed by atoms with Gasteiger partial charge in [-0.2, -0.15) is 0 Å². The molecule has 2 rings (SSSR count). The second-order valence-corrected chi connectivity index (χ2v) is 5.25. The van der Waals surface area contributed by atoms with Crippen LogP contribution in [0.5, 0.6) is 5.75 Å². The Morgan fingerprint density at radius 3 is 2.65 bits per heavy atom. The van der Waals surface area contributed by atoms with Crippen molar-refractivity contribution in [1.82, 2.24) is 0 Å². The van der Waals surface area contributed by atoms with Crippen LogP contribution in [-0.4, -0.2) is 7.11 Å². The van der Waals surface area contributed by atoms with Crippen molar-refractivity contribution in [2.45, 2.75) is 12.5 Å². The second-order valence-electron chi connectivity index (χ2n) is 4.40. The Kier molecular flexibility index (Phi) is 4.86. The summed E-state index contributed by atoms with van der Waals surface area (Å²) in [5.74, 6) is 0.0459. The molecule has 1 atom stereocenters. The minimum atomic E-state index is -0.551. The van der Waals surface area contributed by atoms with Crippen LogP contribution in [0.2, 0.25) is 10.0 Å². The van der Waals surface area contributed by atoms with Gasteiger partial charge in [0.15, 0.2) is 0 Å². The van der Waals surface area contributed by atoms with E-state index < -0.39 is 6.04 Å². The van der Waals surface area contributed by atoms with E-state index in [0.717, 1.165) is 5.56 Å². The van der Waals surface area contributed by atoms with Gasteiger partial charge in [-0.15, -0.1) is 0 Å². The molecule has 106 valence electrons. The third-order valence-electron chi connectivity index (χ3n) is 3.06. The van der Waals surface area contributed by atoms with E-state index in [4.69, 9.17) is 33.7 Å². The van der Waals surface area contributed by atoms with Gasteiger partial charge in [0.25, 0.3) is 0 Å². The molecule has 0 radical (unpaired) electrons. The SMILES string of the molecule is COc1cccc(F)c1C(N)Cc1ccc(Cl)cc1Cl. The Morgan fingerprint density at radius 2 is 2.00 bits per heavy atom. The van der Waals surface area contributed by atoms with Gasteiger partial charge in [0, 0.05) is 21.7 Å². The highest BCUT2D eigenvalue weighted by atomic mass is 35.5. The van der Waals surface area contributed by atoms with Crippen molar-refractivity contribution in [3.8, 4) is 5.75 Å². The monoisotopic (exact) mass is 313 g/mol. The van der Waals surface area contributed by atoms with Crippen molar-refractivity contribution in [1.29, 1.82) is 0 Å². The molecule has 0 bridgehead atoms. The molecule has 2 aromatic carbocycles. The van der Waals surface area contributed by atoms with Crippen LogP contribution in [0.25, 0.3) is 0 Å². The minimum Gasteiger partial charge on any atom is -0.496 e. The van der Waals surface area contributed by atoms with Gasteiger partial charge >= 0.3 is 0 Å². The summed E-state index contributed by atoms with van der Waals surface area (Å²) in [7, 11) is 1.49. The molecule has 0 spiro atoms. The Hall–Kier alpha value is -1.29. The van der Waals surface area contributed by atoms with E-state index in [-0.39, 0.29) is 5.82 Å². The fourth-order valence-electron chi connectivity index (χ4n) is 2.08. The van der Waals surface area contributed by atoms with E-state index in [1.54, 1.807) is 30.3 Å². The van der Waals surface area contributed by atoms with Crippen molar-refractivity contribution in [3.63, 3.8) is 0 Å². The molecule has 0 amide bonds. The standard InChI is InChI=1S/C15H14Cl2FNO/c1-20-14-4-2-3-12(18)15(14)13(19)7-9-5-6-10(16)8-11(9)17/h2-6,8,13H,7,19H2,1H3. The van der Waals surface area contributed by atoms with Gasteiger partial charge < -0.3 is 10.5 Å². The maximum Gasteiger partial charge on any atom is 0.131 e. The van der Waals surface area contributed by atoms with Gasteiger partial charge in [-0.1, -0.05) is 35.3 Å². The molecular formula is C15H14Cl2FNO. The summed E-state index contributed by atoms with van der Waals surface area (Å²) in [4.78, 5) is 0. The fraction of sp³-hybridized carbons (Fsp3) is 0.200. The topological polar surface area (TPSA) is 35.2 Å². The van der Waals surface area contributed by atoms with Crippen molar-refractivity contribution in [3.05, 3.63) is 63.4 Å². The van der Waals surface area contributed by atoms with Crippen LogP contribution >= 0.6 is 23.2 Å². The molecule has 0 aliphatic heterocycles. The first kappa shape index (κ1) is 15.1. The van der Waals surface area contributed by atoms with Gasteiger partial charge in [0.1, 0.15) is 11.6 Å². The van der Waals surface area contributed by atoms with Crippen LogP contribution in [0.15, 0.2) is 36.4 Å². The van der Waals surface area contributed by atoms with Crippen LogP contribution in [0.3, 0.4) is 0 Å². The first-order chi connectivity index (χ1) is 9.52. The van der Waals surface area contributed by atoms with E-state index in [1.165, 1.54) is 13.2 Å². The smallest absolute Gasteiger partial charge is 0.131 e. The zero-order valence-electron chi connectivity index (χ0n) is 10.9. The molecule has 0 aromatic heterocycles. The zero-order valence-corrected chi connectivity index (χ0v) is 12.4. The van der Waals surface area contributed by atoms with Crippen molar-refractivity contribution in [2.75, 3.05) is 7.11 Å². The Balaban J connectivity index is 2.30. The molecule has 0 aliphatic carbocycles. The maximum absolute atomic E-state index is 13.9. The molecule has 0 heterocycles. The number of rotatable bonds is 4. The van der Waals surface area contributed by atoms with Crippen molar-refractivity contribution in [2.24, 2.45) is 5.73 Å². The molecule has 0 aliphatic rings. The lowest BCUT2D eigenvalue weighted by atomic mass is 9.98. The highest BCUT2D eigenvalue weighted by Crippen LogP contribution is 2.31. The number of hydrogen-bond acceptors (Lipinski definition) is 2. The Bertz CT molecular complexity index is 619. The predicted octanol–water partition coefficient (Wildman–Crippen LogP) is 4.38. The molecule has 1 unspecified atom stereocenters. The molecule has 2 nitrogen and oxygen atoms in total. The van der Waals surface area contributed by atoms with E-state index in [1.807, 2.05) is 0 Å². The summed E-state index contributed by atoms with van der Waals surface area (Å²) < 4.78 is 19.1. The normalized spacial score (nSPS) is 12.2. The summed E-state index contributed by atoms with van der Waals surface area (Å²) in [5, 5.41) is 1.07. The fourth-order valence-corrected chi connectivity index (χ4v) is 2.57. The molecule has 0 fully saturated rings. The molecule has 20 heavy (non-hydrogen) atoms. The molecule has 2 aromatic rings. The van der Waals surface area contributed by atoms with Crippen molar-refractivity contribution < 1.29 is 9.13 Å². The lowest BCUT2D eigenvalue weighted by Crippen LogP contribution is -2.16. The third kappa shape index (κ3) is 3.23. The van der Waals surface area contributed by atoms with Crippen molar-refractivity contribution >= 4 is 23.2 Å². The quantitative estimate of drug-likeness (QED) is 0.909. The number of nitrogens with two attached hydrogens (primary N) is 1. The average Bonchev–Trinajstić information content (AvgIpc) is 2.41. The molecule has 0 saturated carbocycles. The van der Waals surface area contributed by atoms with E-state index >= 15 is 0 Å². The third-order valence-corrected chi connectivity index (χ3v) is 3.65. The van der Waals surface area contributed by atoms with Gasteiger partial charge in [-0.05, 0) is 36.2 Å². The number of ether oxygens (including phenoxy) is 1. The van der Waals surface area contributed by atoms with E-state index in [9.17, 15) is 4.39 Å². The highest BCUT2D eigenvalue weighted by Gasteiger charge is 2.18. The predicted molar refractivity (Wildman–Crippen MR) is 80.0 cm³/mol. The van der Waals surface area contributed by atoms with E-state index in [2.05, 4.69) is 0 Å². The summed E-state index contributed by atoms with van der Waals surface area (Å²) in [6, 6.07) is 9.24. The Labute approximate surface area is 127 Å². The number of benzene rings is 2. The molecular weight excluding hydrogens is 300 g/mol. The zero-order chi connectivity index (χ0) is 14.7. The van der Waals surface area contributed by atoms with Gasteiger partial charge in [-0.3, -0.25) is 0 Å². The molecule has 2 N–H and O–H groups in total. The molecule has 0 saturated heterocycles. The van der Waals surface area contributed by atoms with Gasteiger partial charge in [-0.25, -0.2) is 4.39 Å². The summed E-state index contributed by atoms with van der Waals surface area (Å²) in [5.41, 5.74) is 7.26. The first-order valence-electron chi connectivity index (χ1n) is 6.05. The number of hydrogen-bond donors (Lipinski definition) is 1. The number of methoxy groups -OCH3 is 1. The summed E-state index contributed by atoms with van der Waals surface area (Å²) >= 11 is 12.0. The van der Waals surface area contributed by atoms with Crippen LogP contribution in [-0.2, 0) is 6.42 Å². The lowest BCUT2D eigenvalue weighted by molar-refractivity contribution is 0.399. The van der Waals surface area contributed by atoms with Gasteiger partial charge in [0.05, 0.1) is 7.11 Å². The van der Waals surface area contributed by atoms with Crippen LogP contribution in [0.1, 0.15) is 17.2 Å². The maximum atomic E-state index is 13.9. The second kappa shape index (κ2) is 6.44. The van der Waals surface area contributed by atoms with Crippen LogP contribution in [0, 0.1) is 5.82 Å². The summed E-state index contributed by atoms with van der Waals surface area (Å²) in [6.45, 7) is 0. The average molecular weight is 314 g/mol. The lowest BCUT2D eigenvalue weighted by Gasteiger charge is -2.17. The highest BCUT2D eigenvalue weighted by molar-refractivity contribution is 6.35. The molecule has 5 heteroatoms.